The Bertz CT molecular complexity index is 632. The minimum atomic E-state index is -0.417. The molecule has 7 nitrogen and oxygen atoms in total. The van der Waals surface area contributed by atoms with E-state index in [0.29, 0.717) is 12.4 Å². The molecule has 0 saturated carbocycles. The molecule has 7 heteroatoms. The van der Waals surface area contributed by atoms with Crippen molar-refractivity contribution in [1.82, 2.24) is 24.6 Å². The van der Waals surface area contributed by atoms with Crippen LogP contribution in [0.5, 0.6) is 0 Å². The summed E-state index contributed by atoms with van der Waals surface area (Å²) in [6.45, 7) is 4.04. The van der Waals surface area contributed by atoms with Crippen LogP contribution in [0.4, 0.5) is 0 Å². The topological polar surface area (TPSA) is 67.4 Å². The SMILES string of the molecule is Cc1nnc2n1CCN(Cc1ccco1)C2C(=O)N(C)C. The van der Waals surface area contributed by atoms with Crippen molar-refractivity contribution in [2.45, 2.75) is 26.1 Å². The van der Waals surface area contributed by atoms with Gasteiger partial charge in [-0.3, -0.25) is 9.69 Å². The molecular formula is C14H19N5O2. The van der Waals surface area contributed by atoms with E-state index in [9.17, 15) is 4.79 Å². The molecule has 1 atom stereocenters. The van der Waals surface area contributed by atoms with E-state index in [2.05, 4.69) is 15.1 Å². The van der Waals surface area contributed by atoms with Gasteiger partial charge in [0.25, 0.3) is 0 Å². The van der Waals surface area contributed by atoms with Crippen molar-refractivity contribution < 1.29 is 9.21 Å². The first-order valence-corrected chi connectivity index (χ1v) is 6.95. The van der Waals surface area contributed by atoms with Gasteiger partial charge in [-0.25, -0.2) is 0 Å². The highest BCUT2D eigenvalue weighted by Gasteiger charge is 2.37. The summed E-state index contributed by atoms with van der Waals surface area (Å²) in [7, 11) is 3.52. The molecule has 1 aliphatic heterocycles. The number of hydrogen-bond acceptors (Lipinski definition) is 5. The second-order valence-corrected chi connectivity index (χ2v) is 5.44. The normalized spacial score (nSPS) is 18.5. The van der Waals surface area contributed by atoms with Crippen molar-refractivity contribution in [3.8, 4) is 0 Å². The molecule has 1 amide bonds. The van der Waals surface area contributed by atoms with Gasteiger partial charge in [-0.2, -0.15) is 0 Å². The van der Waals surface area contributed by atoms with Crippen LogP contribution in [0.25, 0.3) is 0 Å². The maximum absolute atomic E-state index is 12.6. The highest BCUT2D eigenvalue weighted by molar-refractivity contribution is 5.82. The minimum absolute atomic E-state index is 0.00917. The quantitative estimate of drug-likeness (QED) is 0.837. The number of carbonyl (C=O) groups excluding carboxylic acids is 1. The predicted octanol–water partition coefficient (Wildman–Crippen LogP) is 0.825. The zero-order valence-corrected chi connectivity index (χ0v) is 12.5. The molecule has 0 radical (unpaired) electrons. The van der Waals surface area contributed by atoms with E-state index >= 15 is 0 Å². The lowest BCUT2D eigenvalue weighted by atomic mass is 10.1. The summed E-state index contributed by atoms with van der Waals surface area (Å²) in [5.41, 5.74) is 0. The Morgan fingerprint density at radius 2 is 2.24 bits per heavy atom. The maximum atomic E-state index is 12.6. The molecule has 0 spiro atoms. The predicted molar refractivity (Wildman–Crippen MR) is 75.3 cm³/mol. The summed E-state index contributed by atoms with van der Waals surface area (Å²) in [5, 5.41) is 8.33. The van der Waals surface area contributed by atoms with Gasteiger partial charge in [0.05, 0.1) is 12.8 Å². The molecule has 3 heterocycles. The first kappa shape index (κ1) is 13.8. The first-order chi connectivity index (χ1) is 10.1. The Kier molecular flexibility index (Phi) is 3.50. The molecule has 0 aliphatic carbocycles. The fraction of sp³-hybridized carbons (Fsp3) is 0.500. The van der Waals surface area contributed by atoms with E-state index in [0.717, 1.165) is 24.7 Å². The third-order valence-corrected chi connectivity index (χ3v) is 3.80. The zero-order chi connectivity index (χ0) is 15.0. The van der Waals surface area contributed by atoms with Crippen LogP contribution >= 0.6 is 0 Å². The summed E-state index contributed by atoms with van der Waals surface area (Å²) >= 11 is 0. The van der Waals surface area contributed by atoms with Gasteiger partial charge in [0.1, 0.15) is 11.6 Å². The molecule has 112 valence electrons. The summed E-state index contributed by atoms with van der Waals surface area (Å²) in [5.74, 6) is 2.41. The molecule has 0 aromatic carbocycles. The largest absolute Gasteiger partial charge is 0.468 e. The van der Waals surface area contributed by atoms with E-state index in [4.69, 9.17) is 4.42 Å². The van der Waals surface area contributed by atoms with Gasteiger partial charge in [0.2, 0.25) is 5.91 Å². The average molecular weight is 289 g/mol. The zero-order valence-electron chi connectivity index (χ0n) is 12.5. The van der Waals surface area contributed by atoms with Crippen LogP contribution in [0.1, 0.15) is 23.5 Å². The van der Waals surface area contributed by atoms with Gasteiger partial charge in [-0.05, 0) is 19.1 Å². The molecule has 3 rings (SSSR count). The van der Waals surface area contributed by atoms with Gasteiger partial charge in [0.15, 0.2) is 11.9 Å². The highest BCUT2D eigenvalue weighted by Crippen LogP contribution is 2.27. The van der Waals surface area contributed by atoms with Crippen molar-refractivity contribution >= 4 is 5.91 Å². The second kappa shape index (κ2) is 5.33. The van der Waals surface area contributed by atoms with E-state index in [-0.39, 0.29) is 5.91 Å². The van der Waals surface area contributed by atoms with Crippen LogP contribution in [0, 0.1) is 6.92 Å². The number of amides is 1. The third-order valence-electron chi connectivity index (χ3n) is 3.80. The molecule has 2 aromatic rings. The van der Waals surface area contributed by atoms with E-state index in [1.807, 2.05) is 23.6 Å². The van der Waals surface area contributed by atoms with Gasteiger partial charge >= 0.3 is 0 Å². The Balaban J connectivity index is 1.94. The summed E-state index contributed by atoms with van der Waals surface area (Å²) in [6, 6.07) is 3.36. The fourth-order valence-corrected chi connectivity index (χ4v) is 2.68. The molecule has 0 saturated heterocycles. The van der Waals surface area contributed by atoms with Gasteiger partial charge in [-0.15, -0.1) is 10.2 Å². The number of likely N-dealkylation sites (N-methyl/N-ethyl adjacent to an activating group) is 1. The molecule has 0 bridgehead atoms. The van der Waals surface area contributed by atoms with Gasteiger partial charge in [-0.1, -0.05) is 0 Å². The van der Waals surface area contributed by atoms with Gasteiger partial charge < -0.3 is 13.9 Å². The number of furan rings is 1. The van der Waals surface area contributed by atoms with E-state index in [1.54, 1.807) is 25.3 Å². The smallest absolute Gasteiger partial charge is 0.247 e. The minimum Gasteiger partial charge on any atom is -0.468 e. The van der Waals surface area contributed by atoms with Crippen LogP contribution in [0.2, 0.25) is 0 Å². The molecule has 21 heavy (non-hydrogen) atoms. The number of aryl methyl sites for hydroxylation is 1. The summed E-state index contributed by atoms with van der Waals surface area (Å²) in [4.78, 5) is 16.3. The number of hydrogen-bond donors (Lipinski definition) is 0. The number of fused-ring (bicyclic) bond motifs is 1. The van der Waals surface area contributed by atoms with Crippen LogP contribution in [0.15, 0.2) is 22.8 Å². The Morgan fingerprint density at radius 3 is 2.90 bits per heavy atom. The van der Waals surface area contributed by atoms with E-state index < -0.39 is 6.04 Å². The second-order valence-electron chi connectivity index (χ2n) is 5.44. The lowest BCUT2D eigenvalue weighted by Gasteiger charge is -2.35. The summed E-state index contributed by atoms with van der Waals surface area (Å²) < 4.78 is 7.43. The number of nitrogens with zero attached hydrogens (tertiary/aromatic N) is 5. The number of carbonyl (C=O) groups is 1. The van der Waals surface area contributed by atoms with Gasteiger partial charge in [0, 0.05) is 27.2 Å². The first-order valence-electron chi connectivity index (χ1n) is 6.95. The standard InChI is InChI=1S/C14H19N5O2/c1-10-15-16-13-12(14(20)17(2)3)18(6-7-19(10)13)9-11-5-4-8-21-11/h4-5,8,12H,6-7,9H2,1-3H3. The van der Waals surface area contributed by atoms with Crippen LogP contribution in [-0.2, 0) is 17.9 Å². The van der Waals surface area contributed by atoms with Crippen LogP contribution in [-0.4, -0.2) is 51.1 Å². The molecular weight excluding hydrogens is 270 g/mol. The van der Waals surface area contributed by atoms with Crippen molar-refractivity contribution in [2.75, 3.05) is 20.6 Å². The number of aromatic nitrogens is 3. The average Bonchev–Trinajstić information content (AvgIpc) is 3.08. The van der Waals surface area contributed by atoms with E-state index in [1.165, 1.54) is 0 Å². The molecule has 1 unspecified atom stereocenters. The lowest BCUT2D eigenvalue weighted by Crippen LogP contribution is -2.45. The lowest BCUT2D eigenvalue weighted by molar-refractivity contribution is -0.136. The molecule has 2 aromatic heterocycles. The molecule has 0 fully saturated rings. The Hall–Kier alpha value is -2.15. The third kappa shape index (κ3) is 2.44. The Labute approximate surface area is 123 Å². The number of rotatable bonds is 3. The molecule has 0 N–H and O–H groups in total. The van der Waals surface area contributed by atoms with Crippen molar-refractivity contribution in [2.24, 2.45) is 0 Å². The van der Waals surface area contributed by atoms with Crippen molar-refractivity contribution in [1.29, 1.82) is 0 Å². The van der Waals surface area contributed by atoms with Crippen LogP contribution in [0.3, 0.4) is 0 Å². The molecule has 1 aliphatic rings. The van der Waals surface area contributed by atoms with Crippen molar-refractivity contribution in [3.05, 3.63) is 35.8 Å². The summed E-state index contributed by atoms with van der Waals surface area (Å²) in [6.07, 6.45) is 1.65. The van der Waals surface area contributed by atoms with Crippen molar-refractivity contribution in [3.63, 3.8) is 0 Å². The maximum Gasteiger partial charge on any atom is 0.247 e. The monoisotopic (exact) mass is 289 g/mol. The fourth-order valence-electron chi connectivity index (χ4n) is 2.68. The highest BCUT2D eigenvalue weighted by atomic mass is 16.3. The Morgan fingerprint density at radius 1 is 1.43 bits per heavy atom. The van der Waals surface area contributed by atoms with Crippen LogP contribution < -0.4 is 0 Å².